The van der Waals surface area contributed by atoms with Crippen LogP contribution in [-0.2, 0) is 11.3 Å². The zero-order valence-corrected chi connectivity index (χ0v) is 12.9. The fourth-order valence-corrected chi connectivity index (χ4v) is 3.02. The Balaban J connectivity index is 1.76. The van der Waals surface area contributed by atoms with Gasteiger partial charge in [-0.2, -0.15) is 0 Å². The van der Waals surface area contributed by atoms with E-state index in [2.05, 4.69) is 17.0 Å². The Morgan fingerprint density at radius 1 is 1.18 bits per heavy atom. The molecular weight excluding hydrogens is 301 g/mol. The molecule has 1 heterocycles. The first-order valence-corrected chi connectivity index (χ1v) is 7.75. The van der Waals surface area contributed by atoms with Crippen molar-refractivity contribution < 1.29 is 9.18 Å². The number of ketones is 1. The number of halogens is 2. The van der Waals surface area contributed by atoms with Gasteiger partial charge in [0.15, 0.2) is 0 Å². The highest BCUT2D eigenvalue weighted by molar-refractivity contribution is 6.30. The van der Waals surface area contributed by atoms with Crippen LogP contribution >= 0.6 is 11.6 Å². The second-order valence-corrected chi connectivity index (χ2v) is 6.07. The largest absolute Gasteiger partial charge is 0.299 e. The van der Waals surface area contributed by atoms with Gasteiger partial charge in [0.25, 0.3) is 0 Å². The van der Waals surface area contributed by atoms with Crippen LogP contribution in [0, 0.1) is 5.82 Å². The lowest BCUT2D eigenvalue weighted by Crippen LogP contribution is -2.39. The van der Waals surface area contributed by atoms with Gasteiger partial charge in [0.1, 0.15) is 11.6 Å². The quantitative estimate of drug-likeness (QED) is 0.851. The molecule has 1 unspecified atom stereocenters. The van der Waals surface area contributed by atoms with Gasteiger partial charge in [-0.25, -0.2) is 4.39 Å². The van der Waals surface area contributed by atoms with E-state index in [1.807, 2.05) is 18.2 Å². The monoisotopic (exact) mass is 317 g/mol. The molecule has 0 N–H and O–H groups in total. The van der Waals surface area contributed by atoms with Gasteiger partial charge in [0, 0.05) is 26.1 Å². The normalized spacial score (nSPS) is 19.4. The van der Waals surface area contributed by atoms with Gasteiger partial charge in [0.05, 0.1) is 10.9 Å². The maximum atomic E-state index is 13.6. The molecule has 2 aromatic rings. The lowest BCUT2D eigenvalue weighted by Gasteiger charge is -2.32. The molecule has 0 aliphatic carbocycles. The molecule has 1 aliphatic rings. The minimum Gasteiger partial charge on any atom is -0.299 e. The molecule has 1 aliphatic heterocycles. The van der Waals surface area contributed by atoms with Gasteiger partial charge in [-0.1, -0.05) is 48.0 Å². The lowest BCUT2D eigenvalue weighted by molar-refractivity contribution is -0.123. The summed E-state index contributed by atoms with van der Waals surface area (Å²) in [6, 6.07) is 14.8. The molecule has 1 fully saturated rings. The summed E-state index contributed by atoms with van der Waals surface area (Å²) in [5.74, 6) is -0.567. The van der Waals surface area contributed by atoms with Crippen LogP contribution in [0.25, 0.3) is 0 Å². The van der Waals surface area contributed by atoms with Gasteiger partial charge in [-0.15, -0.1) is 0 Å². The van der Waals surface area contributed by atoms with E-state index in [0.717, 1.165) is 13.1 Å². The molecule has 22 heavy (non-hydrogen) atoms. The van der Waals surface area contributed by atoms with Crippen LogP contribution < -0.4 is 0 Å². The van der Waals surface area contributed by atoms with Crippen molar-refractivity contribution >= 4 is 17.4 Å². The summed E-state index contributed by atoms with van der Waals surface area (Å²) in [5, 5.41) is 0.0909. The summed E-state index contributed by atoms with van der Waals surface area (Å²) in [4.78, 5) is 14.5. The van der Waals surface area contributed by atoms with Crippen molar-refractivity contribution in [2.24, 2.45) is 0 Å². The third kappa shape index (κ3) is 3.37. The van der Waals surface area contributed by atoms with E-state index in [4.69, 9.17) is 11.6 Å². The van der Waals surface area contributed by atoms with E-state index in [-0.39, 0.29) is 16.7 Å². The average Bonchev–Trinajstić information content (AvgIpc) is 2.53. The first-order valence-electron chi connectivity index (χ1n) is 7.37. The molecule has 2 aromatic carbocycles. The highest BCUT2D eigenvalue weighted by Crippen LogP contribution is 2.27. The summed E-state index contributed by atoms with van der Waals surface area (Å²) in [6.45, 7) is 2.18. The summed E-state index contributed by atoms with van der Waals surface area (Å²) in [6.07, 6.45) is 0.502. The number of piperidine rings is 1. The zero-order chi connectivity index (χ0) is 15.5. The van der Waals surface area contributed by atoms with E-state index in [0.29, 0.717) is 18.5 Å². The number of likely N-dealkylation sites (tertiary alicyclic amines) is 1. The van der Waals surface area contributed by atoms with E-state index in [9.17, 15) is 9.18 Å². The Labute approximate surface area is 134 Å². The molecule has 0 amide bonds. The van der Waals surface area contributed by atoms with Gasteiger partial charge in [0.2, 0.25) is 0 Å². The number of carbonyl (C=O) groups is 1. The van der Waals surface area contributed by atoms with Crippen LogP contribution in [0.15, 0.2) is 48.5 Å². The molecule has 114 valence electrons. The number of Topliss-reactive ketones (excluding diaryl/α,β-unsaturated/α-hetero) is 1. The Bertz CT molecular complexity index is 674. The summed E-state index contributed by atoms with van der Waals surface area (Å²) >= 11 is 5.72. The lowest BCUT2D eigenvalue weighted by atomic mass is 9.89. The Kier molecular flexibility index (Phi) is 4.55. The summed E-state index contributed by atoms with van der Waals surface area (Å²) < 4.78 is 13.6. The minimum absolute atomic E-state index is 0.0909. The standard InChI is InChI=1S/C18H17ClFNO/c19-16-7-6-14(10-17(16)20)15-12-21(9-8-18(15)22)11-13-4-2-1-3-5-13/h1-7,10,15H,8-9,11-12H2. The predicted octanol–water partition coefficient (Wildman–Crippen LogP) is 4.04. The van der Waals surface area contributed by atoms with Crippen LogP contribution in [0.1, 0.15) is 23.5 Å². The number of nitrogens with zero attached hydrogens (tertiary/aromatic N) is 1. The molecule has 0 bridgehead atoms. The van der Waals surface area contributed by atoms with Crippen molar-refractivity contribution in [3.8, 4) is 0 Å². The van der Waals surface area contributed by atoms with Gasteiger partial charge < -0.3 is 0 Å². The molecule has 3 rings (SSSR count). The number of rotatable bonds is 3. The van der Waals surface area contributed by atoms with Crippen LogP contribution in [0.3, 0.4) is 0 Å². The van der Waals surface area contributed by atoms with Crippen molar-refractivity contribution in [1.82, 2.24) is 4.90 Å². The van der Waals surface area contributed by atoms with Crippen molar-refractivity contribution in [1.29, 1.82) is 0 Å². The zero-order valence-electron chi connectivity index (χ0n) is 12.1. The Morgan fingerprint density at radius 2 is 1.95 bits per heavy atom. The first-order chi connectivity index (χ1) is 10.6. The van der Waals surface area contributed by atoms with E-state index < -0.39 is 5.82 Å². The van der Waals surface area contributed by atoms with Crippen molar-refractivity contribution in [2.75, 3.05) is 13.1 Å². The average molecular weight is 318 g/mol. The number of benzene rings is 2. The van der Waals surface area contributed by atoms with Crippen LogP contribution in [-0.4, -0.2) is 23.8 Å². The van der Waals surface area contributed by atoms with Gasteiger partial charge in [-0.05, 0) is 23.3 Å². The van der Waals surface area contributed by atoms with Crippen LogP contribution in [0.4, 0.5) is 4.39 Å². The Hall–Kier alpha value is -1.71. The second kappa shape index (κ2) is 6.59. The topological polar surface area (TPSA) is 20.3 Å². The first kappa shape index (κ1) is 15.2. The predicted molar refractivity (Wildman–Crippen MR) is 85.5 cm³/mol. The number of hydrogen-bond acceptors (Lipinski definition) is 2. The van der Waals surface area contributed by atoms with Gasteiger partial charge >= 0.3 is 0 Å². The molecule has 1 saturated heterocycles. The summed E-state index contributed by atoms with van der Waals surface area (Å²) in [7, 11) is 0. The van der Waals surface area contributed by atoms with Crippen LogP contribution in [0.2, 0.25) is 5.02 Å². The number of carbonyl (C=O) groups excluding carboxylic acids is 1. The maximum Gasteiger partial charge on any atom is 0.142 e. The SMILES string of the molecule is O=C1CCN(Cc2ccccc2)CC1c1ccc(Cl)c(F)c1. The highest BCUT2D eigenvalue weighted by Gasteiger charge is 2.28. The fraction of sp³-hybridized carbons (Fsp3) is 0.278. The third-order valence-electron chi connectivity index (χ3n) is 4.10. The van der Waals surface area contributed by atoms with E-state index in [1.165, 1.54) is 17.7 Å². The molecule has 0 radical (unpaired) electrons. The Morgan fingerprint density at radius 3 is 2.68 bits per heavy atom. The molecule has 4 heteroatoms. The highest BCUT2D eigenvalue weighted by atomic mass is 35.5. The molecular formula is C18H17ClFNO. The number of hydrogen-bond donors (Lipinski definition) is 0. The minimum atomic E-state index is -0.466. The molecule has 1 atom stereocenters. The molecule has 0 saturated carbocycles. The van der Waals surface area contributed by atoms with E-state index in [1.54, 1.807) is 6.07 Å². The molecule has 0 aromatic heterocycles. The molecule has 0 spiro atoms. The molecule has 2 nitrogen and oxygen atoms in total. The smallest absolute Gasteiger partial charge is 0.142 e. The second-order valence-electron chi connectivity index (χ2n) is 5.66. The maximum absolute atomic E-state index is 13.6. The fourth-order valence-electron chi connectivity index (χ4n) is 2.90. The van der Waals surface area contributed by atoms with Crippen molar-refractivity contribution in [3.05, 3.63) is 70.5 Å². The van der Waals surface area contributed by atoms with E-state index >= 15 is 0 Å². The van der Waals surface area contributed by atoms with Crippen LogP contribution in [0.5, 0.6) is 0 Å². The van der Waals surface area contributed by atoms with Crippen molar-refractivity contribution in [3.63, 3.8) is 0 Å². The summed E-state index contributed by atoms with van der Waals surface area (Å²) in [5.41, 5.74) is 1.93. The van der Waals surface area contributed by atoms with Gasteiger partial charge in [-0.3, -0.25) is 9.69 Å². The van der Waals surface area contributed by atoms with Crippen molar-refractivity contribution in [2.45, 2.75) is 18.9 Å². The third-order valence-corrected chi connectivity index (χ3v) is 4.41.